The highest BCUT2D eigenvalue weighted by atomic mass is 32.1. The number of rotatable bonds is 9. The van der Waals surface area contributed by atoms with E-state index in [0.29, 0.717) is 25.7 Å². The number of benzene rings is 1. The highest BCUT2D eigenvalue weighted by Gasteiger charge is 2.15. The topological polar surface area (TPSA) is 47.3 Å². The Morgan fingerprint density at radius 1 is 1.19 bits per heavy atom. The van der Waals surface area contributed by atoms with E-state index in [4.69, 9.17) is 9.15 Å². The number of furan rings is 1. The second kappa shape index (κ2) is 9.07. The average molecular weight is 374 g/mol. The van der Waals surface area contributed by atoms with Crippen molar-refractivity contribution in [2.75, 3.05) is 13.2 Å². The summed E-state index contributed by atoms with van der Waals surface area (Å²) >= 11 is 1.55. The Morgan fingerprint density at radius 3 is 2.69 bits per heavy atom. The van der Waals surface area contributed by atoms with E-state index < -0.39 is 0 Å². The van der Waals surface area contributed by atoms with Gasteiger partial charge in [0.25, 0.3) is 0 Å². The highest BCUT2D eigenvalue weighted by molar-refractivity contribution is 7.13. The summed E-state index contributed by atoms with van der Waals surface area (Å²) in [5.74, 6) is 1.10. The fraction of sp³-hybridized carbons (Fsp3) is 0.350. The Balaban J connectivity index is 1.61. The lowest BCUT2D eigenvalue weighted by molar-refractivity contribution is 0.0843. The second-order valence-electron chi connectivity index (χ2n) is 6.53. The first-order valence-electron chi connectivity index (χ1n) is 8.66. The molecule has 1 N–H and O–H groups in total. The molecule has 138 valence electrons. The Labute approximate surface area is 157 Å². The first kappa shape index (κ1) is 18.8. The summed E-state index contributed by atoms with van der Waals surface area (Å²) in [6, 6.07) is 10.2. The normalized spacial score (nSPS) is 12.6. The van der Waals surface area contributed by atoms with Crippen LogP contribution in [0.25, 0.3) is 10.6 Å². The maximum atomic E-state index is 13.1. The van der Waals surface area contributed by atoms with Crippen LogP contribution >= 0.6 is 11.3 Å². The molecule has 0 spiro atoms. The summed E-state index contributed by atoms with van der Waals surface area (Å²) in [6.45, 7) is 6.11. The largest absolute Gasteiger partial charge is 0.468 e. The maximum absolute atomic E-state index is 13.1. The zero-order valence-corrected chi connectivity index (χ0v) is 15.8. The Morgan fingerprint density at radius 2 is 2.00 bits per heavy atom. The summed E-state index contributed by atoms with van der Waals surface area (Å²) < 4.78 is 24.4. The fourth-order valence-electron chi connectivity index (χ4n) is 2.49. The van der Waals surface area contributed by atoms with Gasteiger partial charge in [0.15, 0.2) is 0 Å². The molecule has 4 nitrogen and oxygen atoms in total. The molecule has 3 rings (SSSR count). The molecule has 0 amide bonds. The lowest BCUT2D eigenvalue weighted by atomic mass is 10.2. The van der Waals surface area contributed by atoms with E-state index in [1.807, 2.05) is 17.5 Å². The van der Waals surface area contributed by atoms with Crippen LogP contribution in [-0.2, 0) is 11.3 Å². The van der Waals surface area contributed by atoms with Crippen LogP contribution in [0.4, 0.5) is 4.39 Å². The molecule has 0 fully saturated rings. The SMILES string of the molecule is CC(C)COCC(NCc1csc(-c2ccc(F)cc2)n1)c1ccco1. The molecule has 0 saturated carbocycles. The number of nitrogens with one attached hydrogen (secondary N) is 1. The molecule has 1 aromatic carbocycles. The van der Waals surface area contributed by atoms with E-state index in [-0.39, 0.29) is 11.9 Å². The standard InChI is InChI=1S/C20H23FN2O2S/c1-14(2)11-24-12-18(19-4-3-9-25-19)22-10-17-13-26-20(23-17)15-5-7-16(21)8-6-15/h3-9,13-14,18,22H,10-12H2,1-2H3. The molecule has 0 aliphatic carbocycles. The predicted molar refractivity (Wildman–Crippen MR) is 101 cm³/mol. The van der Waals surface area contributed by atoms with Gasteiger partial charge in [0, 0.05) is 24.1 Å². The van der Waals surface area contributed by atoms with Crippen LogP contribution in [0.1, 0.15) is 31.3 Å². The molecule has 0 radical (unpaired) electrons. The van der Waals surface area contributed by atoms with Crippen LogP contribution in [-0.4, -0.2) is 18.2 Å². The van der Waals surface area contributed by atoms with Crippen molar-refractivity contribution < 1.29 is 13.5 Å². The van der Waals surface area contributed by atoms with E-state index in [1.54, 1.807) is 29.7 Å². The van der Waals surface area contributed by atoms with Crippen LogP contribution in [0.3, 0.4) is 0 Å². The third kappa shape index (κ3) is 5.24. The number of hydrogen-bond donors (Lipinski definition) is 1. The smallest absolute Gasteiger partial charge is 0.123 e. The maximum Gasteiger partial charge on any atom is 0.123 e. The zero-order chi connectivity index (χ0) is 18.4. The molecule has 6 heteroatoms. The van der Waals surface area contributed by atoms with E-state index in [0.717, 1.165) is 22.0 Å². The van der Waals surface area contributed by atoms with Gasteiger partial charge in [-0.25, -0.2) is 9.37 Å². The predicted octanol–water partition coefficient (Wildman–Crippen LogP) is 5.05. The Bertz CT molecular complexity index is 785. The second-order valence-corrected chi connectivity index (χ2v) is 7.39. The minimum absolute atomic E-state index is 0.0280. The van der Waals surface area contributed by atoms with Gasteiger partial charge in [-0.3, -0.25) is 5.32 Å². The third-order valence-corrected chi connectivity index (χ3v) is 4.74. The first-order valence-corrected chi connectivity index (χ1v) is 9.54. The molecular weight excluding hydrogens is 351 g/mol. The van der Waals surface area contributed by atoms with Gasteiger partial charge in [0.2, 0.25) is 0 Å². The summed E-state index contributed by atoms with van der Waals surface area (Å²) in [5, 5.41) is 6.35. The molecule has 2 heterocycles. The van der Waals surface area contributed by atoms with Crippen molar-refractivity contribution in [1.29, 1.82) is 0 Å². The van der Waals surface area contributed by atoms with Gasteiger partial charge in [-0.05, 0) is 42.3 Å². The van der Waals surface area contributed by atoms with Crippen molar-refractivity contribution in [3.05, 3.63) is 65.3 Å². The van der Waals surface area contributed by atoms with E-state index in [2.05, 4.69) is 24.1 Å². The monoisotopic (exact) mass is 374 g/mol. The van der Waals surface area contributed by atoms with Crippen LogP contribution in [0.2, 0.25) is 0 Å². The van der Waals surface area contributed by atoms with E-state index in [1.165, 1.54) is 12.1 Å². The summed E-state index contributed by atoms with van der Waals surface area (Å²) in [6.07, 6.45) is 1.67. The number of ether oxygens (including phenoxy) is 1. The molecule has 1 atom stereocenters. The third-order valence-electron chi connectivity index (χ3n) is 3.79. The fourth-order valence-corrected chi connectivity index (χ4v) is 3.32. The Kier molecular flexibility index (Phi) is 6.55. The van der Waals surface area contributed by atoms with Crippen molar-refractivity contribution in [1.82, 2.24) is 10.3 Å². The van der Waals surface area contributed by atoms with Gasteiger partial charge in [0.1, 0.15) is 16.6 Å². The quantitative estimate of drug-likeness (QED) is 0.570. The van der Waals surface area contributed by atoms with E-state index >= 15 is 0 Å². The van der Waals surface area contributed by atoms with Gasteiger partial charge >= 0.3 is 0 Å². The lowest BCUT2D eigenvalue weighted by Crippen LogP contribution is -2.25. The number of thiazole rings is 1. The van der Waals surface area contributed by atoms with Crippen LogP contribution in [0, 0.1) is 11.7 Å². The lowest BCUT2D eigenvalue weighted by Gasteiger charge is -2.17. The number of nitrogens with zero attached hydrogens (tertiary/aromatic N) is 1. The molecule has 0 aliphatic rings. The first-order chi connectivity index (χ1) is 12.6. The van der Waals surface area contributed by atoms with Crippen molar-refractivity contribution in [3.63, 3.8) is 0 Å². The van der Waals surface area contributed by atoms with E-state index in [9.17, 15) is 4.39 Å². The number of hydrogen-bond acceptors (Lipinski definition) is 5. The molecule has 1 unspecified atom stereocenters. The van der Waals surface area contributed by atoms with Crippen LogP contribution < -0.4 is 5.32 Å². The molecular formula is C20H23FN2O2S. The van der Waals surface area contributed by atoms with Gasteiger partial charge in [0.05, 0.1) is 24.6 Å². The number of aromatic nitrogens is 1. The van der Waals surface area contributed by atoms with Gasteiger partial charge < -0.3 is 9.15 Å². The summed E-state index contributed by atoms with van der Waals surface area (Å²) in [4.78, 5) is 4.63. The number of halogens is 1. The molecule has 26 heavy (non-hydrogen) atoms. The molecule has 3 aromatic rings. The minimum atomic E-state index is -0.241. The van der Waals surface area contributed by atoms with Crippen LogP contribution in [0.5, 0.6) is 0 Å². The summed E-state index contributed by atoms with van der Waals surface area (Å²) in [5.41, 5.74) is 1.86. The van der Waals surface area contributed by atoms with Crippen molar-refractivity contribution in [2.45, 2.75) is 26.4 Å². The van der Waals surface area contributed by atoms with Gasteiger partial charge in [-0.15, -0.1) is 11.3 Å². The molecule has 0 saturated heterocycles. The highest BCUT2D eigenvalue weighted by Crippen LogP contribution is 2.24. The summed E-state index contributed by atoms with van der Waals surface area (Å²) in [7, 11) is 0. The minimum Gasteiger partial charge on any atom is -0.468 e. The molecule has 0 bridgehead atoms. The average Bonchev–Trinajstić information content (AvgIpc) is 3.30. The van der Waals surface area contributed by atoms with Crippen molar-refractivity contribution in [3.8, 4) is 10.6 Å². The van der Waals surface area contributed by atoms with Gasteiger partial charge in [-0.1, -0.05) is 13.8 Å². The van der Waals surface area contributed by atoms with Gasteiger partial charge in [-0.2, -0.15) is 0 Å². The van der Waals surface area contributed by atoms with Crippen LogP contribution in [0.15, 0.2) is 52.5 Å². The van der Waals surface area contributed by atoms with Crippen molar-refractivity contribution in [2.24, 2.45) is 5.92 Å². The van der Waals surface area contributed by atoms with Crippen molar-refractivity contribution >= 4 is 11.3 Å². The molecule has 0 aliphatic heterocycles. The zero-order valence-electron chi connectivity index (χ0n) is 14.9. The molecule has 2 aromatic heterocycles. The Hall–Kier alpha value is -2.02.